The molecule has 0 unspecified atom stereocenters. The molecule has 0 amide bonds. The molecular weight excluding hydrogens is 265 g/mol. The Hall–Kier alpha value is -2.34. The van der Waals surface area contributed by atoms with Gasteiger partial charge in [-0.3, -0.25) is 0 Å². The van der Waals surface area contributed by atoms with Crippen LogP contribution in [0.2, 0.25) is 0 Å². The lowest BCUT2D eigenvalue weighted by Gasteiger charge is -2.19. The molecule has 0 aliphatic heterocycles. The van der Waals surface area contributed by atoms with Gasteiger partial charge in [0.1, 0.15) is 18.2 Å². The average molecular weight is 283 g/mol. The fourth-order valence-electron chi connectivity index (χ4n) is 2.02. The molecule has 0 spiro atoms. The summed E-state index contributed by atoms with van der Waals surface area (Å²) in [5.41, 5.74) is 2.17. The third-order valence-electron chi connectivity index (χ3n) is 3.19. The van der Waals surface area contributed by atoms with Crippen molar-refractivity contribution in [3.05, 3.63) is 65.0 Å². The summed E-state index contributed by atoms with van der Waals surface area (Å²) in [6.07, 6.45) is 0. The van der Waals surface area contributed by atoms with Crippen molar-refractivity contribution < 1.29 is 9.13 Å². The molecule has 3 heteroatoms. The lowest BCUT2D eigenvalue weighted by atomic mass is 9.87. The number of halogens is 1. The van der Waals surface area contributed by atoms with Crippen molar-refractivity contribution in [2.75, 3.05) is 0 Å². The summed E-state index contributed by atoms with van der Waals surface area (Å²) >= 11 is 0. The van der Waals surface area contributed by atoms with E-state index in [1.807, 2.05) is 24.3 Å². The Labute approximate surface area is 124 Å². The van der Waals surface area contributed by atoms with E-state index in [0.29, 0.717) is 11.1 Å². The standard InChI is InChI=1S/C18H18FNO/c1-18(2,3)15-5-4-6-17(10-15)21-12-14-7-13(11-20)8-16(19)9-14/h4-10H,12H2,1-3H3. The molecule has 0 radical (unpaired) electrons. The Bertz CT molecular complexity index is 680. The second-order valence-corrected chi connectivity index (χ2v) is 6.03. The molecule has 0 aromatic heterocycles. The zero-order chi connectivity index (χ0) is 15.5. The maximum absolute atomic E-state index is 13.4. The number of hydrogen-bond donors (Lipinski definition) is 0. The maximum atomic E-state index is 13.4. The lowest BCUT2D eigenvalue weighted by molar-refractivity contribution is 0.304. The highest BCUT2D eigenvalue weighted by Gasteiger charge is 2.14. The van der Waals surface area contributed by atoms with Crippen LogP contribution in [0.25, 0.3) is 0 Å². The van der Waals surface area contributed by atoms with Crippen molar-refractivity contribution in [2.24, 2.45) is 0 Å². The monoisotopic (exact) mass is 283 g/mol. The van der Waals surface area contributed by atoms with E-state index in [0.717, 1.165) is 5.75 Å². The van der Waals surface area contributed by atoms with Crippen LogP contribution in [0.5, 0.6) is 5.75 Å². The van der Waals surface area contributed by atoms with Crippen LogP contribution in [0.15, 0.2) is 42.5 Å². The van der Waals surface area contributed by atoms with Crippen LogP contribution in [0.4, 0.5) is 4.39 Å². The van der Waals surface area contributed by atoms with Crippen LogP contribution < -0.4 is 4.74 Å². The van der Waals surface area contributed by atoms with E-state index < -0.39 is 5.82 Å². The van der Waals surface area contributed by atoms with E-state index in [-0.39, 0.29) is 12.0 Å². The molecule has 2 aromatic rings. The number of benzene rings is 2. The topological polar surface area (TPSA) is 33.0 Å². The molecular formula is C18H18FNO. The van der Waals surface area contributed by atoms with E-state index in [4.69, 9.17) is 10.00 Å². The molecule has 21 heavy (non-hydrogen) atoms. The minimum Gasteiger partial charge on any atom is -0.489 e. The van der Waals surface area contributed by atoms with Crippen LogP contribution in [0, 0.1) is 17.1 Å². The minimum absolute atomic E-state index is 0.0478. The Morgan fingerprint density at radius 1 is 1.14 bits per heavy atom. The molecule has 0 atom stereocenters. The number of hydrogen-bond acceptors (Lipinski definition) is 2. The third-order valence-corrected chi connectivity index (χ3v) is 3.19. The van der Waals surface area contributed by atoms with E-state index in [2.05, 4.69) is 26.8 Å². The van der Waals surface area contributed by atoms with Crippen LogP contribution in [-0.4, -0.2) is 0 Å². The smallest absolute Gasteiger partial charge is 0.124 e. The van der Waals surface area contributed by atoms with Gasteiger partial charge in [-0.15, -0.1) is 0 Å². The molecule has 0 saturated carbocycles. The fraction of sp³-hybridized carbons (Fsp3) is 0.278. The summed E-state index contributed by atoms with van der Waals surface area (Å²) in [7, 11) is 0. The van der Waals surface area contributed by atoms with E-state index >= 15 is 0 Å². The van der Waals surface area contributed by atoms with Gasteiger partial charge < -0.3 is 4.74 Å². The summed E-state index contributed by atoms with van der Waals surface area (Å²) < 4.78 is 19.1. The van der Waals surface area contributed by atoms with Crippen LogP contribution >= 0.6 is 0 Å². The van der Waals surface area contributed by atoms with Crippen molar-refractivity contribution in [1.29, 1.82) is 5.26 Å². The summed E-state index contributed by atoms with van der Waals surface area (Å²) in [4.78, 5) is 0. The molecule has 0 heterocycles. The lowest BCUT2D eigenvalue weighted by Crippen LogP contribution is -2.11. The summed E-state index contributed by atoms with van der Waals surface area (Å²) in [6, 6.07) is 14.0. The molecule has 0 saturated heterocycles. The molecule has 0 aliphatic carbocycles. The summed E-state index contributed by atoms with van der Waals surface area (Å²) in [5.74, 6) is 0.321. The van der Waals surface area contributed by atoms with Crippen molar-refractivity contribution in [2.45, 2.75) is 32.8 Å². The predicted molar refractivity (Wildman–Crippen MR) is 80.6 cm³/mol. The highest BCUT2D eigenvalue weighted by molar-refractivity contribution is 5.35. The third kappa shape index (κ3) is 4.06. The van der Waals surface area contributed by atoms with Gasteiger partial charge in [0, 0.05) is 0 Å². The molecule has 2 aromatic carbocycles. The number of rotatable bonds is 3. The average Bonchev–Trinajstić information content (AvgIpc) is 2.44. The van der Waals surface area contributed by atoms with Gasteiger partial charge in [0.05, 0.1) is 11.6 Å². The zero-order valence-electron chi connectivity index (χ0n) is 12.5. The molecule has 2 rings (SSSR count). The number of nitriles is 1. The van der Waals surface area contributed by atoms with Crippen LogP contribution in [0.3, 0.4) is 0 Å². The first kappa shape index (κ1) is 15.1. The largest absolute Gasteiger partial charge is 0.489 e. The maximum Gasteiger partial charge on any atom is 0.124 e. The Kier molecular flexibility index (Phi) is 4.28. The van der Waals surface area contributed by atoms with Gasteiger partial charge in [0.25, 0.3) is 0 Å². The number of ether oxygens (including phenoxy) is 1. The Morgan fingerprint density at radius 3 is 2.57 bits per heavy atom. The second kappa shape index (κ2) is 5.97. The van der Waals surface area contributed by atoms with Gasteiger partial charge >= 0.3 is 0 Å². The van der Waals surface area contributed by atoms with Gasteiger partial charge in [-0.1, -0.05) is 32.9 Å². The highest BCUT2D eigenvalue weighted by atomic mass is 19.1. The van der Waals surface area contributed by atoms with Crippen LogP contribution in [-0.2, 0) is 12.0 Å². The van der Waals surface area contributed by atoms with Gasteiger partial charge in [-0.25, -0.2) is 4.39 Å². The van der Waals surface area contributed by atoms with Crippen LogP contribution in [0.1, 0.15) is 37.5 Å². The van der Waals surface area contributed by atoms with Gasteiger partial charge in [0.15, 0.2) is 0 Å². The fourth-order valence-corrected chi connectivity index (χ4v) is 2.02. The van der Waals surface area contributed by atoms with Crippen molar-refractivity contribution in [3.63, 3.8) is 0 Å². The molecule has 0 fully saturated rings. The first-order valence-corrected chi connectivity index (χ1v) is 6.81. The summed E-state index contributed by atoms with van der Waals surface area (Å²) in [5, 5.41) is 8.84. The van der Waals surface area contributed by atoms with Gasteiger partial charge in [-0.2, -0.15) is 5.26 Å². The quantitative estimate of drug-likeness (QED) is 0.826. The van der Waals surface area contributed by atoms with Crippen molar-refractivity contribution >= 4 is 0 Å². The Balaban J connectivity index is 2.14. The molecule has 2 nitrogen and oxygen atoms in total. The first-order valence-electron chi connectivity index (χ1n) is 6.81. The minimum atomic E-state index is -0.420. The van der Waals surface area contributed by atoms with Crippen molar-refractivity contribution in [3.8, 4) is 11.8 Å². The number of nitrogens with zero attached hydrogens (tertiary/aromatic N) is 1. The first-order chi connectivity index (χ1) is 9.88. The molecule has 0 bridgehead atoms. The Morgan fingerprint density at radius 2 is 1.90 bits per heavy atom. The molecule has 0 N–H and O–H groups in total. The van der Waals surface area contributed by atoms with Gasteiger partial charge in [0.2, 0.25) is 0 Å². The van der Waals surface area contributed by atoms with E-state index in [1.165, 1.54) is 17.7 Å². The summed E-state index contributed by atoms with van der Waals surface area (Å²) in [6.45, 7) is 6.65. The zero-order valence-corrected chi connectivity index (χ0v) is 12.5. The highest BCUT2D eigenvalue weighted by Crippen LogP contribution is 2.26. The SMILES string of the molecule is CC(C)(C)c1cccc(OCc2cc(F)cc(C#N)c2)c1. The van der Waals surface area contributed by atoms with E-state index in [9.17, 15) is 4.39 Å². The van der Waals surface area contributed by atoms with E-state index in [1.54, 1.807) is 6.07 Å². The van der Waals surface area contributed by atoms with Gasteiger partial charge in [-0.05, 0) is 46.9 Å². The normalized spacial score (nSPS) is 11.0. The predicted octanol–water partition coefficient (Wildman–Crippen LogP) is 4.57. The molecule has 108 valence electrons. The molecule has 0 aliphatic rings. The van der Waals surface area contributed by atoms with Crippen molar-refractivity contribution in [1.82, 2.24) is 0 Å². The second-order valence-electron chi connectivity index (χ2n) is 6.03.